The highest BCUT2D eigenvalue weighted by molar-refractivity contribution is 6.33. The van der Waals surface area contributed by atoms with E-state index >= 15 is 0 Å². The van der Waals surface area contributed by atoms with Crippen molar-refractivity contribution in [3.63, 3.8) is 0 Å². The van der Waals surface area contributed by atoms with Gasteiger partial charge in [0.05, 0.1) is 12.1 Å². The number of carbonyl (C=O) groups excluding carboxylic acids is 2. The molecule has 1 aromatic heterocycles. The zero-order chi connectivity index (χ0) is 25.5. The molecule has 1 aromatic rings. The van der Waals surface area contributed by atoms with Gasteiger partial charge < -0.3 is 30.5 Å². The van der Waals surface area contributed by atoms with Gasteiger partial charge in [-0.2, -0.15) is 4.98 Å². The van der Waals surface area contributed by atoms with E-state index in [1.807, 2.05) is 23.6 Å². The number of carbonyl (C=O) groups is 2. The van der Waals surface area contributed by atoms with Gasteiger partial charge in [-0.3, -0.25) is 4.79 Å². The van der Waals surface area contributed by atoms with Gasteiger partial charge in [0.2, 0.25) is 5.88 Å². The minimum atomic E-state index is -0.250. The predicted molar refractivity (Wildman–Crippen MR) is 139 cm³/mol. The predicted octanol–water partition coefficient (Wildman–Crippen LogP) is 3.25. The van der Waals surface area contributed by atoms with Gasteiger partial charge in [-0.05, 0) is 51.5 Å². The number of likely N-dealkylation sites (N-methyl/N-ethyl adjacent to an activating group) is 1. The smallest absolute Gasteiger partial charge is 0.320 e. The topological polar surface area (TPSA) is 104 Å². The number of amides is 3. The summed E-state index contributed by atoms with van der Waals surface area (Å²) in [5.41, 5.74) is 7.01. The first-order chi connectivity index (χ1) is 16.7. The molecule has 2 aliphatic rings. The van der Waals surface area contributed by atoms with Crippen molar-refractivity contribution in [3.8, 4) is 5.88 Å². The lowest BCUT2D eigenvalue weighted by molar-refractivity contribution is 0.0885. The van der Waals surface area contributed by atoms with Crippen molar-refractivity contribution < 1.29 is 14.3 Å². The van der Waals surface area contributed by atoms with Crippen LogP contribution in [0.3, 0.4) is 0 Å². The second kappa shape index (κ2) is 12.4. The number of urea groups is 1. The normalized spacial score (nSPS) is 17.8. The van der Waals surface area contributed by atoms with Crippen molar-refractivity contribution in [2.45, 2.75) is 45.6 Å². The fraction of sp³-hybridized carbons (Fsp3) is 0.640. The lowest BCUT2D eigenvalue weighted by atomic mass is 9.94. The summed E-state index contributed by atoms with van der Waals surface area (Å²) in [6, 6.07) is 1.72. The third-order valence-electron chi connectivity index (χ3n) is 6.84. The SMILES string of the molecule is C=C(C)CN(CC)C(=O)N1CCC(CN2CCC(NC(=O)c3cc(Cl)c(N)nc3OC)CC2)CC1. The standard InChI is InChI=1S/C25H39ClN6O3/c1-5-31(15-17(2)3)25(34)32-12-6-18(7-13-32)16-30-10-8-19(9-11-30)28-23(33)20-14-21(26)22(27)29-24(20)35-4/h14,18-19H,2,5-13,15-16H2,1,3-4H3,(H2,27,29)(H,28,33). The Labute approximate surface area is 213 Å². The molecule has 0 unspecified atom stereocenters. The average molecular weight is 507 g/mol. The molecule has 0 spiro atoms. The summed E-state index contributed by atoms with van der Waals surface area (Å²) in [6.45, 7) is 13.8. The molecule has 9 nitrogen and oxygen atoms in total. The van der Waals surface area contributed by atoms with Crippen LogP contribution in [0.15, 0.2) is 18.2 Å². The number of nitrogens with one attached hydrogen (secondary N) is 1. The van der Waals surface area contributed by atoms with Crippen LogP contribution in [0, 0.1) is 5.92 Å². The van der Waals surface area contributed by atoms with Crippen molar-refractivity contribution in [1.29, 1.82) is 0 Å². The van der Waals surface area contributed by atoms with Crippen LogP contribution >= 0.6 is 11.6 Å². The minimum absolute atomic E-state index is 0.0904. The molecular weight excluding hydrogens is 468 g/mol. The number of nitrogens with two attached hydrogens (primary N) is 1. The number of halogens is 1. The molecule has 194 valence electrons. The van der Waals surface area contributed by atoms with Crippen molar-refractivity contribution in [2.24, 2.45) is 5.92 Å². The molecule has 2 fully saturated rings. The number of likely N-dealkylation sites (tertiary alicyclic amines) is 2. The first-order valence-electron chi connectivity index (χ1n) is 12.4. The maximum absolute atomic E-state index is 12.8. The van der Waals surface area contributed by atoms with Crippen molar-refractivity contribution in [2.75, 3.05) is 58.7 Å². The van der Waals surface area contributed by atoms with Gasteiger partial charge >= 0.3 is 6.03 Å². The fourth-order valence-corrected chi connectivity index (χ4v) is 4.99. The third kappa shape index (κ3) is 7.24. The molecule has 10 heteroatoms. The van der Waals surface area contributed by atoms with Gasteiger partial charge in [0, 0.05) is 51.9 Å². The quantitative estimate of drug-likeness (QED) is 0.524. The Morgan fingerprint density at radius 3 is 2.49 bits per heavy atom. The molecule has 2 aliphatic heterocycles. The number of anilines is 1. The molecule has 0 radical (unpaired) electrons. The van der Waals surface area contributed by atoms with Gasteiger partial charge in [0.15, 0.2) is 0 Å². The summed E-state index contributed by atoms with van der Waals surface area (Å²) in [5.74, 6) is 0.652. The molecule has 0 atom stereocenters. The Morgan fingerprint density at radius 1 is 1.26 bits per heavy atom. The minimum Gasteiger partial charge on any atom is -0.480 e. The second-order valence-corrected chi connectivity index (χ2v) is 10.1. The number of nitrogen functional groups attached to an aromatic ring is 1. The first kappa shape index (κ1) is 27.1. The van der Waals surface area contributed by atoms with Gasteiger partial charge in [0.25, 0.3) is 5.91 Å². The summed E-state index contributed by atoms with van der Waals surface area (Å²) in [5, 5.41) is 3.32. The van der Waals surface area contributed by atoms with E-state index in [4.69, 9.17) is 22.1 Å². The van der Waals surface area contributed by atoms with E-state index < -0.39 is 0 Å². The summed E-state index contributed by atoms with van der Waals surface area (Å²) < 4.78 is 5.20. The highest BCUT2D eigenvalue weighted by Crippen LogP contribution is 2.26. The number of nitrogens with zero attached hydrogens (tertiary/aromatic N) is 4. The Kier molecular flexibility index (Phi) is 9.63. The van der Waals surface area contributed by atoms with E-state index in [1.165, 1.54) is 13.2 Å². The zero-order valence-corrected chi connectivity index (χ0v) is 21.9. The number of hydrogen-bond donors (Lipinski definition) is 2. The summed E-state index contributed by atoms with van der Waals surface area (Å²) >= 11 is 6.05. The van der Waals surface area contributed by atoms with E-state index in [0.29, 0.717) is 24.6 Å². The van der Waals surface area contributed by atoms with Gasteiger partial charge in [0.1, 0.15) is 11.4 Å². The van der Waals surface area contributed by atoms with Crippen LogP contribution in [0.25, 0.3) is 0 Å². The maximum atomic E-state index is 12.8. The Bertz CT molecular complexity index is 911. The van der Waals surface area contributed by atoms with Crippen LogP contribution in [0.2, 0.25) is 5.02 Å². The van der Waals surface area contributed by atoms with Crippen molar-refractivity contribution in [1.82, 2.24) is 25.0 Å². The van der Waals surface area contributed by atoms with Crippen LogP contribution in [0.1, 0.15) is 49.9 Å². The van der Waals surface area contributed by atoms with Crippen molar-refractivity contribution >= 4 is 29.4 Å². The fourth-order valence-electron chi connectivity index (χ4n) is 4.84. The molecule has 3 rings (SSSR count). The molecule has 0 aromatic carbocycles. The molecule has 0 bridgehead atoms. The Balaban J connectivity index is 1.42. The second-order valence-electron chi connectivity index (χ2n) is 9.64. The third-order valence-corrected chi connectivity index (χ3v) is 7.15. The van der Waals surface area contributed by atoms with Crippen LogP contribution < -0.4 is 15.8 Å². The zero-order valence-electron chi connectivity index (χ0n) is 21.2. The molecule has 3 amide bonds. The molecular formula is C25H39ClN6O3. The van der Waals surface area contributed by atoms with Crippen molar-refractivity contribution in [3.05, 3.63) is 28.8 Å². The highest BCUT2D eigenvalue weighted by atomic mass is 35.5. The molecule has 3 N–H and O–H groups in total. The van der Waals surface area contributed by atoms with Crippen LogP contribution in [-0.4, -0.2) is 90.6 Å². The number of pyridine rings is 1. The van der Waals surface area contributed by atoms with E-state index in [9.17, 15) is 9.59 Å². The van der Waals surface area contributed by atoms with Crippen LogP contribution in [0.5, 0.6) is 5.88 Å². The number of rotatable bonds is 8. The number of ether oxygens (including phenoxy) is 1. The Morgan fingerprint density at radius 2 is 1.91 bits per heavy atom. The lowest BCUT2D eigenvalue weighted by Crippen LogP contribution is -2.49. The first-order valence-corrected chi connectivity index (χ1v) is 12.8. The molecule has 2 saturated heterocycles. The van der Waals surface area contributed by atoms with E-state index in [1.54, 1.807) is 0 Å². The lowest BCUT2D eigenvalue weighted by Gasteiger charge is -2.39. The maximum Gasteiger partial charge on any atom is 0.320 e. The molecule has 0 aliphatic carbocycles. The number of methoxy groups -OCH3 is 1. The van der Waals surface area contributed by atoms with E-state index in [-0.39, 0.29) is 34.7 Å². The van der Waals surface area contributed by atoms with Gasteiger partial charge in [-0.1, -0.05) is 23.8 Å². The monoisotopic (exact) mass is 506 g/mol. The van der Waals surface area contributed by atoms with E-state index in [2.05, 4.69) is 21.8 Å². The summed E-state index contributed by atoms with van der Waals surface area (Å²) in [7, 11) is 1.45. The number of hydrogen-bond acceptors (Lipinski definition) is 6. The number of aromatic nitrogens is 1. The molecule has 3 heterocycles. The molecule has 35 heavy (non-hydrogen) atoms. The number of piperidine rings is 2. The van der Waals surface area contributed by atoms with Crippen LogP contribution in [-0.2, 0) is 0 Å². The van der Waals surface area contributed by atoms with Crippen LogP contribution in [0.4, 0.5) is 10.6 Å². The summed E-state index contributed by atoms with van der Waals surface area (Å²) in [4.78, 5) is 36.0. The average Bonchev–Trinajstić information content (AvgIpc) is 2.85. The highest BCUT2D eigenvalue weighted by Gasteiger charge is 2.29. The van der Waals surface area contributed by atoms with Gasteiger partial charge in [-0.25, -0.2) is 4.79 Å². The van der Waals surface area contributed by atoms with Gasteiger partial charge in [-0.15, -0.1) is 0 Å². The summed E-state index contributed by atoms with van der Waals surface area (Å²) in [6.07, 6.45) is 3.82. The molecule has 0 saturated carbocycles. The Hall–Kier alpha value is -2.52. The largest absolute Gasteiger partial charge is 0.480 e. The van der Waals surface area contributed by atoms with E-state index in [0.717, 1.165) is 64.0 Å².